The fourth-order valence-electron chi connectivity index (χ4n) is 3.20. The number of anilines is 1. The van der Waals surface area contributed by atoms with Crippen molar-refractivity contribution in [3.63, 3.8) is 0 Å². The second-order valence-electron chi connectivity index (χ2n) is 7.34. The summed E-state index contributed by atoms with van der Waals surface area (Å²) in [5.74, 6) is 0.392. The van der Waals surface area contributed by atoms with Gasteiger partial charge in [0.1, 0.15) is 5.25 Å². The van der Waals surface area contributed by atoms with Crippen LogP contribution in [0.25, 0.3) is 0 Å². The van der Waals surface area contributed by atoms with Crippen molar-refractivity contribution in [2.45, 2.75) is 30.7 Å². The van der Waals surface area contributed by atoms with E-state index in [0.29, 0.717) is 17.5 Å². The molecule has 1 amide bonds. The standard InChI is InChI=1S/C25H23N3O2S/c1-17-13-14-18(2)21(15-17)26-24(29)23(20-11-7-4-8-12-20)31-25-28-27-22(30-25)16-19-9-5-3-6-10-19/h3-15,23H,16H2,1-2H3,(H,26,29)/t23-/m0/s1. The molecule has 156 valence electrons. The molecule has 0 saturated carbocycles. The molecule has 0 bridgehead atoms. The molecule has 0 saturated heterocycles. The highest BCUT2D eigenvalue weighted by Crippen LogP contribution is 2.36. The van der Waals surface area contributed by atoms with Crippen molar-refractivity contribution in [3.8, 4) is 0 Å². The summed E-state index contributed by atoms with van der Waals surface area (Å²) in [6.07, 6.45) is 0.555. The zero-order valence-electron chi connectivity index (χ0n) is 17.4. The zero-order chi connectivity index (χ0) is 21.6. The number of amides is 1. The molecule has 3 aromatic carbocycles. The molecule has 5 nitrogen and oxygen atoms in total. The molecule has 0 fully saturated rings. The maximum atomic E-state index is 13.3. The van der Waals surface area contributed by atoms with E-state index >= 15 is 0 Å². The van der Waals surface area contributed by atoms with Gasteiger partial charge in [0.15, 0.2) is 0 Å². The average molecular weight is 430 g/mol. The Labute approximate surface area is 185 Å². The summed E-state index contributed by atoms with van der Waals surface area (Å²) in [5, 5.41) is 11.2. The zero-order valence-corrected chi connectivity index (χ0v) is 18.2. The highest BCUT2D eigenvalue weighted by atomic mass is 32.2. The van der Waals surface area contributed by atoms with Crippen LogP contribution in [0.2, 0.25) is 0 Å². The minimum absolute atomic E-state index is 0.132. The molecule has 1 atom stereocenters. The minimum atomic E-state index is -0.522. The lowest BCUT2D eigenvalue weighted by molar-refractivity contribution is -0.115. The second kappa shape index (κ2) is 9.62. The summed E-state index contributed by atoms with van der Waals surface area (Å²) < 4.78 is 5.84. The van der Waals surface area contributed by atoms with Gasteiger partial charge in [-0.25, -0.2) is 0 Å². The summed E-state index contributed by atoms with van der Waals surface area (Å²) in [6.45, 7) is 3.98. The summed E-state index contributed by atoms with van der Waals surface area (Å²) in [5.41, 5.74) is 4.88. The van der Waals surface area contributed by atoms with Crippen LogP contribution in [0, 0.1) is 13.8 Å². The van der Waals surface area contributed by atoms with Crippen LogP contribution in [0.3, 0.4) is 0 Å². The van der Waals surface area contributed by atoms with E-state index < -0.39 is 5.25 Å². The summed E-state index contributed by atoms with van der Waals surface area (Å²) in [4.78, 5) is 13.3. The van der Waals surface area contributed by atoms with Crippen molar-refractivity contribution in [1.82, 2.24) is 10.2 Å². The van der Waals surface area contributed by atoms with E-state index in [1.807, 2.05) is 92.7 Å². The molecular formula is C25H23N3O2S. The Balaban J connectivity index is 1.55. The number of benzene rings is 3. The van der Waals surface area contributed by atoms with Crippen molar-refractivity contribution in [3.05, 3.63) is 107 Å². The fourth-order valence-corrected chi connectivity index (χ4v) is 4.09. The number of hydrogen-bond donors (Lipinski definition) is 1. The predicted molar refractivity (Wildman–Crippen MR) is 123 cm³/mol. The third-order valence-corrected chi connectivity index (χ3v) is 5.95. The molecule has 6 heteroatoms. The van der Waals surface area contributed by atoms with Crippen LogP contribution >= 0.6 is 11.8 Å². The highest BCUT2D eigenvalue weighted by Gasteiger charge is 2.25. The average Bonchev–Trinajstić information content (AvgIpc) is 3.23. The van der Waals surface area contributed by atoms with E-state index in [2.05, 4.69) is 15.5 Å². The number of thioether (sulfide) groups is 1. The summed E-state index contributed by atoms with van der Waals surface area (Å²) in [6, 6.07) is 25.6. The van der Waals surface area contributed by atoms with E-state index in [1.54, 1.807) is 0 Å². The van der Waals surface area contributed by atoms with Gasteiger partial charge in [-0.05, 0) is 53.9 Å². The molecule has 1 N–H and O–H groups in total. The number of carbonyl (C=O) groups excluding carboxylic acids is 1. The van der Waals surface area contributed by atoms with E-state index in [4.69, 9.17) is 4.42 Å². The van der Waals surface area contributed by atoms with Crippen molar-refractivity contribution in [2.75, 3.05) is 5.32 Å². The largest absolute Gasteiger partial charge is 0.416 e. The smallest absolute Gasteiger partial charge is 0.277 e. The normalized spacial score (nSPS) is 11.8. The van der Waals surface area contributed by atoms with Gasteiger partial charge in [0.25, 0.3) is 5.22 Å². The van der Waals surface area contributed by atoms with Crippen LogP contribution in [0.15, 0.2) is 88.5 Å². The van der Waals surface area contributed by atoms with Gasteiger partial charge < -0.3 is 9.73 Å². The third kappa shape index (κ3) is 5.41. The second-order valence-corrected chi connectivity index (χ2v) is 8.40. The van der Waals surface area contributed by atoms with E-state index in [1.165, 1.54) is 11.8 Å². The van der Waals surface area contributed by atoms with E-state index in [-0.39, 0.29) is 5.91 Å². The number of rotatable bonds is 7. The number of hydrogen-bond acceptors (Lipinski definition) is 5. The molecule has 0 aliphatic heterocycles. The Kier molecular flexibility index (Phi) is 6.48. The molecule has 1 heterocycles. The number of aryl methyl sites for hydroxylation is 2. The molecule has 1 aromatic heterocycles. The van der Waals surface area contributed by atoms with Gasteiger partial charge in [0.2, 0.25) is 11.8 Å². The van der Waals surface area contributed by atoms with Crippen molar-refractivity contribution < 1.29 is 9.21 Å². The lowest BCUT2D eigenvalue weighted by Gasteiger charge is -2.16. The predicted octanol–water partition coefficient (Wildman–Crippen LogP) is 5.75. The van der Waals surface area contributed by atoms with Crippen LogP contribution < -0.4 is 5.32 Å². The molecule has 0 aliphatic carbocycles. The van der Waals surface area contributed by atoms with Gasteiger partial charge in [-0.3, -0.25) is 4.79 Å². The Morgan fingerprint density at radius 2 is 1.68 bits per heavy atom. The quantitative estimate of drug-likeness (QED) is 0.379. The van der Waals surface area contributed by atoms with Gasteiger partial charge in [-0.15, -0.1) is 10.2 Å². The molecule has 4 rings (SSSR count). The van der Waals surface area contributed by atoms with Crippen LogP contribution in [0.4, 0.5) is 5.69 Å². The molecule has 4 aromatic rings. The first-order valence-electron chi connectivity index (χ1n) is 10.0. The Bertz CT molecular complexity index is 1160. The minimum Gasteiger partial charge on any atom is -0.416 e. The molecule has 31 heavy (non-hydrogen) atoms. The van der Waals surface area contributed by atoms with Crippen molar-refractivity contribution in [1.29, 1.82) is 0 Å². The Morgan fingerprint density at radius 3 is 2.42 bits per heavy atom. The highest BCUT2D eigenvalue weighted by molar-refractivity contribution is 8.00. The first kappa shape index (κ1) is 20.9. The first-order valence-corrected chi connectivity index (χ1v) is 10.9. The van der Waals surface area contributed by atoms with Crippen LogP contribution in [0.5, 0.6) is 0 Å². The maximum Gasteiger partial charge on any atom is 0.277 e. The number of nitrogens with zero attached hydrogens (tertiary/aromatic N) is 2. The van der Waals surface area contributed by atoms with E-state index in [9.17, 15) is 4.79 Å². The molecule has 0 spiro atoms. The third-order valence-electron chi connectivity index (χ3n) is 4.86. The lowest BCUT2D eigenvalue weighted by Crippen LogP contribution is -2.19. The van der Waals surface area contributed by atoms with Crippen LogP contribution in [0.1, 0.15) is 33.4 Å². The van der Waals surface area contributed by atoms with Crippen molar-refractivity contribution in [2.24, 2.45) is 0 Å². The fraction of sp³-hybridized carbons (Fsp3) is 0.160. The summed E-state index contributed by atoms with van der Waals surface area (Å²) >= 11 is 1.26. The lowest BCUT2D eigenvalue weighted by atomic mass is 10.1. The number of aromatic nitrogens is 2. The Hall–Kier alpha value is -3.38. The summed E-state index contributed by atoms with van der Waals surface area (Å²) in [7, 11) is 0. The number of nitrogens with one attached hydrogen (secondary N) is 1. The molecule has 0 unspecified atom stereocenters. The Morgan fingerprint density at radius 1 is 0.968 bits per heavy atom. The van der Waals surface area contributed by atoms with Gasteiger partial charge in [-0.2, -0.15) is 0 Å². The van der Waals surface area contributed by atoms with Crippen molar-refractivity contribution >= 4 is 23.4 Å². The van der Waals surface area contributed by atoms with E-state index in [0.717, 1.165) is 27.9 Å². The van der Waals surface area contributed by atoms with Gasteiger partial charge >= 0.3 is 0 Å². The van der Waals surface area contributed by atoms with Gasteiger partial charge in [0.05, 0.1) is 6.42 Å². The SMILES string of the molecule is Cc1ccc(C)c(NC(=O)[C@@H](Sc2nnc(Cc3ccccc3)o2)c2ccccc2)c1. The van der Waals surface area contributed by atoms with Gasteiger partial charge in [-0.1, -0.05) is 72.8 Å². The monoisotopic (exact) mass is 429 g/mol. The molecular weight excluding hydrogens is 406 g/mol. The van der Waals surface area contributed by atoms with Gasteiger partial charge in [0, 0.05) is 5.69 Å². The maximum absolute atomic E-state index is 13.3. The first-order chi connectivity index (χ1) is 15.1. The number of carbonyl (C=O) groups is 1. The van der Waals surface area contributed by atoms with Crippen LogP contribution in [-0.2, 0) is 11.2 Å². The molecule has 0 radical (unpaired) electrons. The molecule has 0 aliphatic rings. The topological polar surface area (TPSA) is 68.0 Å². The van der Waals surface area contributed by atoms with Crippen LogP contribution in [-0.4, -0.2) is 16.1 Å².